The molecule has 0 saturated carbocycles. The van der Waals surface area contributed by atoms with Gasteiger partial charge in [-0.15, -0.1) is 0 Å². The normalized spacial score (nSPS) is 14.7. The molecule has 4 aromatic rings. The first kappa shape index (κ1) is 18.5. The second kappa shape index (κ2) is 5.53. The Kier molecular flexibility index (Phi) is 3.53. The van der Waals surface area contributed by atoms with E-state index in [1.54, 1.807) is 0 Å². The van der Waals surface area contributed by atoms with E-state index in [1.165, 1.54) is 77.4 Å². The van der Waals surface area contributed by atoms with Gasteiger partial charge in [-0.25, -0.2) is 0 Å². The van der Waals surface area contributed by atoms with Crippen LogP contribution in [-0.4, -0.2) is 4.57 Å². The molecule has 1 nitrogen and oxygen atoms in total. The van der Waals surface area contributed by atoms with Gasteiger partial charge in [-0.05, 0) is 97.2 Å². The molecule has 3 aromatic carbocycles. The molecule has 1 aliphatic carbocycles. The largest absolute Gasteiger partial charge is 0.343 e. The second-order valence-electron chi connectivity index (χ2n) is 9.68. The van der Waals surface area contributed by atoms with Crippen LogP contribution < -0.4 is 0 Å². The zero-order chi connectivity index (χ0) is 21.0. The molecule has 29 heavy (non-hydrogen) atoms. The summed E-state index contributed by atoms with van der Waals surface area (Å²) in [5.41, 5.74) is 17.3. The topological polar surface area (TPSA) is 4.93 Å². The lowest BCUT2D eigenvalue weighted by Gasteiger charge is -2.24. The second-order valence-corrected chi connectivity index (χ2v) is 9.68. The van der Waals surface area contributed by atoms with Gasteiger partial charge in [0.1, 0.15) is 0 Å². The Morgan fingerprint density at radius 3 is 1.90 bits per heavy atom. The molecule has 0 amide bonds. The van der Waals surface area contributed by atoms with Crippen LogP contribution in [0.25, 0.3) is 32.9 Å². The first-order chi connectivity index (χ1) is 13.6. The number of fused-ring (bicyclic) bond motifs is 6. The predicted octanol–water partition coefficient (Wildman–Crippen LogP) is 7.49. The molecule has 1 heterocycles. The average molecular weight is 382 g/mol. The van der Waals surface area contributed by atoms with Crippen LogP contribution in [0.2, 0.25) is 0 Å². The van der Waals surface area contributed by atoms with Crippen LogP contribution in [0, 0.1) is 41.5 Å². The van der Waals surface area contributed by atoms with E-state index in [0.717, 1.165) is 0 Å². The summed E-state index contributed by atoms with van der Waals surface area (Å²) in [6.07, 6.45) is 0. The van der Waals surface area contributed by atoms with Crippen molar-refractivity contribution in [1.82, 2.24) is 4.57 Å². The van der Waals surface area contributed by atoms with Gasteiger partial charge >= 0.3 is 0 Å². The molecule has 0 aliphatic heterocycles. The highest BCUT2D eigenvalue weighted by atomic mass is 14.9. The van der Waals surface area contributed by atoms with Crippen LogP contribution in [0.4, 0.5) is 0 Å². The van der Waals surface area contributed by atoms with Crippen molar-refractivity contribution in [2.75, 3.05) is 0 Å². The van der Waals surface area contributed by atoms with E-state index >= 15 is 0 Å². The van der Waals surface area contributed by atoms with Crippen molar-refractivity contribution in [3.8, 4) is 11.1 Å². The molecule has 0 saturated heterocycles. The Labute approximate surface area is 174 Å². The minimum atomic E-state index is 0.0276. The van der Waals surface area contributed by atoms with Crippen molar-refractivity contribution in [2.24, 2.45) is 7.05 Å². The van der Waals surface area contributed by atoms with E-state index < -0.39 is 0 Å². The van der Waals surface area contributed by atoms with E-state index in [2.05, 4.69) is 91.3 Å². The molecule has 0 unspecified atom stereocenters. The Hall–Kier alpha value is -2.54. The quantitative estimate of drug-likeness (QED) is 0.297. The van der Waals surface area contributed by atoms with E-state index in [1.807, 2.05) is 0 Å². The van der Waals surface area contributed by atoms with E-state index in [4.69, 9.17) is 0 Å². The maximum Gasteiger partial charge on any atom is 0.0527 e. The van der Waals surface area contributed by atoms with Gasteiger partial charge in [0.2, 0.25) is 0 Å². The lowest BCUT2D eigenvalue weighted by molar-refractivity contribution is 0.656. The van der Waals surface area contributed by atoms with Gasteiger partial charge < -0.3 is 4.57 Å². The molecule has 0 bridgehead atoms. The molecular formula is C28H31N. The van der Waals surface area contributed by atoms with Crippen LogP contribution in [-0.2, 0) is 12.5 Å². The number of hydrogen-bond donors (Lipinski definition) is 0. The van der Waals surface area contributed by atoms with Crippen molar-refractivity contribution in [2.45, 2.75) is 60.8 Å². The molecule has 1 aromatic heterocycles. The fraction of sp³-hybridized carbons (Fsp3) is 0.357. The zero-order valence-electron chi connectivity index (χ0n) is 19.3. The molecule has 5 rings (SSSR count). The van der Waals surface area contributed by atoms with Gasteiger partial charge in [-0.1, -0.05) is 38.1 Å². The number of aryl methyl sites for hydroxylation is 5. The number of benzene rings is 3. The number of aromatic nitrogens is 1. The summed E-state index contributed by atoms with van der Waals surface area (Å²) in [6, 6.07) is 9.01. The van der Waals surface area contributed by atoms with E-state index in [0.29, 0.717) is 0 Å². The summed E-state index contributed by atoms with van der Waals surface area (Å²) in [5.74, 6) is 0. The minimum absolute atomic E-state index is 0.0276. The van der Waals surface area contributed by atoms with Crippen molar-refractivity contribution in [3.63, 3.8) is 0 Å². The third kappa shape index (κ3) is 1.96. The van der Waals surface area contributed by atoms with Gasteiger partial charge in [0.25, 0.3) is 0 Å². The van der Waals surface area contributed by atoms with Crippen LogP contribution in [0.1, 0.15) is 58.4 Å². The predicted molar refractivity (Wildman–Crippen MR) is 126 cm³/mol. The number of nitrogens with zero attached hydrogens (tertiary/aromatic N) is 1. The van der Waals surface area contributed by atoms with Crippen LogP contribution in [0.5, 0.6) is 0 Å². The molecule has 0 spiro atoms. The highest BCUT2D eigenvalue weighted by molar-refractivity contribution is 6.16. The fourth-order valence-corrected chi connectivity index (χ4v) is 6.34. The number of hydrogen-bond acceptors (Lipinski definition) is 0. The Bertz CT molecular complexity index is 1380. The standard InChI is InChI=1S/C28H31N/c1-14-15(2)17(4)26-23(16(14)3)24-18(5)25-22(19(6)27(24)29(26)9)20-12-10-11-13-21(20)28(25,7)8/h10-13H,1-9H3. The summed E-state index contributed by atoms with van der Waals surface area (Å²) in [7, 11) is 2.26. The third-order valence-electron chi connectivity index (χ3n) is 8.04. The SMILES string of the molecule is Cc1c(C)c(C)c2c(c1C)c1c(C)c3c(c(C)c1n2C)-c1ccccc1C3(C)C. The van der Waals surface area contributed by atoms with Gasteiger partial charge in [0.05, 0.1) is 11.0 Å². The van der Waals surface area contributed by atoms with E-state index in [9.17, 15) is 0 Å². The summed E-state index contributed by atoms with van der Waals surface area (Å²) in [5, 5.41) is 2.92. The van der Waals surface area contributed by atoms with Gasteiger partial charge in [-0.2, -0.15) is 0 Å². The summed E-state index contributed by atoms with van der Waals surface area (Å²) in [4.78, 5) is 0. The summed E-state index contributed by atoms with van der Waals surface area (Å²) < 4.78 is 2.47. The lowest BCUT2D eigenvalue weighted by atomic mass is 9.78. The average Bonchev–Trinajstić information content (AvgIpc) is 3.13. The smallest absolute Gasteiger partial charge is 0.0527 e. The Morgan fingerprint density at radius 2 is 1.21 bits per heavy atom. The van der Waals surface area contributed by atoms with Crippen LogP contribution in [0.15, 0.2) is 24.3 Å². The lowest BCUT2D eigenvalue weighted by Crippen LogP contribution is -2.16. The molecule has 0 N–H and O–H groups in total. The molecular weight excluding hydrogens is 350 g/mol. The fourth-order valence-electron chi connectivity index (χ4n) is 6.34. The van der Waals surface area contributed by atoms with Crippen molar-refractivity contribution < 1.29 is 0 Å². The number of rotatable bonds is 0. The zero-order valence-corrected chi connectivity index (χ0v) is 19.3. The molecule has 0 radical (unpaired) electrons. The van der Waals surface area contributed by atoms with Gasteiger partial charge in [0, 0.05) is 23.2 Å². The Balaban J connectivity index is 2.12. The van der Waals surface area contributed by atoms with Crippen molar-refractivity contribution in [1.29, 1.82) is 0 Å². The minimum Gasteiger partial charge on any atom is -0.343 e. The third-order valence-corrected chi connectivity index (χ3v) is 8.04. The molecule has 0 fully saturated rings. The first-order valence-electron chi connectivity index (χ1n) is 10.7. The highest BCUT2D eigenvalue weighted by Crippen LogP contribution is 2.54. The van der Waals surface area contributed by atoms with Crippen LogP contribution >= 0.6 is 0 Å². The van der Waals surface area contributed by atoms with Gasteiger partial charge in [-0.3, -0.25) is 0 Å². The molecule has 0 atom stereocenters. The molecule has 148 valence electrons. The highest BCUT2D eigenvalue weighted by Gasteiger charge is 2.39. The Morgan fingerprint density at radius 1 is 0.655 bits per heavy atom. The molecule has 1 aliphatic rings. The van der Waals surface area contributed by atoms with Gasteiger partial charge in [0.15, 0.2) is 0 Å². The maximum atomic E-state index is 2.47. The maximum absolute atomic E-state index is 2.47. The molecule has 1 heteroatoms. The summed E-state index contributed by atoms with van der Waals surface area (Å²) >= 11 is 0. The first-order valence-corrected chi connectivity index (χ1v) is 10.7. The summed E-state index contributed by atoms with van der Waals surface area (Å²) in [6.45, 7) is 18.6. The van der Waals surface area contributed by atoms with E-state index in [-0.39, 0.29) is 5.41 Å². The van der Waals surface area contributed by atoms with Crippen molar-refractivity contribution in [3.05, 3.63) is 68.8 Å². The monoisotopic (exact) mass is 381 g/mol. The van der Waals surface area contributed by atoms with Crippen molar-refractivity contribution >= 4 is 21.8 Å². The van der Waals surface area contributed by atoms with Crippen LogP contribution in [0.3, 0.4) is 0 Å².